The van der Waals surface area contributed by atoms with Crippen LogP contribution >= 0.6 is 0 Å². The smallest absolute Gasteiger partial charge is 0.272 e. The summed E-state index contributed by atoms with van der Waals surface area (Å²) in [7, 11) is 0. The second-order valence-electron chi connectivity index (χ2n) is 37.3. The molecular formula is C107H101F2N21O12. The summed E-state index contributed by atoms with van der Waals surface area (Å²) in [4.78, 5) is 121. The molecule has 6 saturated heterocycles. The second-order valence-corrected chi connectivity index (χ2v) is 37.3. The fourth-order valence-electron chi connectivity index (χ4n) is 20.0. The Morgan fingerprint density at radius 3 is 0.831 bits per heavy atom. The molecule has 33 nitrogen and oxygen atoms in total. The minimum atomic E-state index is -2.59. The normalized spacial score (nSPS) is 18.2. The molecule has 20 aromatic rings. The number of benzene rings is 5. The summed E-state index contributed by atoms with van der Waals surface area (Å²) in [5.74, 6) is 0.524. The van der Waals surface area contributed by atoms with E-state index in [-0.39, 0.29) is 72.8 Å². The van der Waals surface area contributed by atoms with Crippen molar-refractivity contribution in [2.45, 2.75) is 131 Å². The summed E-state index contributed by atoms with van der Waals surface area (Å²) in [6, 6.07) is 49.8. The number of rotatable bonds is 11. The number of oxazole rings is 5. The molecule has 26 rings (SSSR count). The molecule has 5 amide bonds. The molecule has 0 spiro atoms. The Bertz CT molecular complexity index is 7940. The van der Waals surface area contributed by atoms with Crippen molar-refractivity contribution < 1.29 is 64.3 Å². The van der Waals surface area contributed by atoms with Gasteiger partial charge < -0.3 is 56.1 Å². The van der Waals surface area contributed by atoms with E-state index in [1.165, 1.54) is 0 Å². The average Bonchev–Trinajstić information content (AvgIpc) is 1.63. The molecule has 0 bridgehead atoms. The Morgan fingerprint density at radius 1 is 0.317 bits per heavy atom. The molecule has 0 N–H and O–H groups in total. The fourth-order valence-corrected chi connectivity index (χ4v) is 20.0. The van der Waals surface area contributed by atoms with Gasteiger partial charge in [-0.1, -0.05) is 30.3 Å². The van der Waals surface area contributed by atoms with Crippen LogP contribution in [0.5, 0.6) is 0 Å². The molecule has 1 unspecified atom stereocenters. The van der Waals surface area contributed by atoms with Crippen LogP contribution < -0.4 is 0 Å². The standard InChI is InChI=1S/C23H21F2N5O2.2C21H20N4O3.2C21H20N4O2/c1-14-27-18-8-15(2-4-20(18)32-14)16-3-5-21-26-9-19(30(21)10-16)22(31)28-7-6-17(11-28)29-12-23(24,25)13-29;2*1-13-12-27-8-7-24(13)21(26)18-10-22-20-6-4-16(11-25(18)20)15-3-5-19-17(9-15)23-14(2)28-19;2*1-13-4-3-9-24(13)21(26)18-11-22-20-8-6-16(12-25(18)20)15-5-7-19-17(10-15)23-14(2)27-19/h2-5,8-10,17H,6-7,11-13H2,1H3;2*3-6,9-11,13H,7-8,12H2,1-2H3;2*5-8,10-13H,3-4,9H2,1-2H3/t;4*13-/m.1010/s1. The molecule has 6 aliphatic heterocycles. The third-order valence-electron chi connectivity index (χ3n) is 27.5. The lowest BCUT2D eigenvalue weighted by Gasteiger charge is -2.42. The number of ether oxygens (including phenoxy) is 2. The van der Waals surface area contributed by atoms with Gasteiger partial charge in [-0.3, -0.25) is 50.9 Å². The number of amides is 5. The molecule has 0 radical (unpaired) electrons. The SMILES string of the molecule is Cc1nc2cc(-c3ccc4ncc(C(=O)N5CCC(N6CC(F)(F)C6)C5)n4c3)ccc2o1.Cc1nc2cc(-c3ccc4ncc(C(=O)N5CCC[C@@H]5C)n4c3)ccc2o1.Cc1nc2cc(-c3ccc4ncc(C(=O)N5CCC[C@H]5C)n4c3)ccc2o1.Cc1nc2cc(-c3ccc4ncc(C(=O)N5CCOC[C@@H]5C)n4c3)ccc2o1.Cc1nc2cc(-c3ccc4ncc(C(=O)N5CCOC[C@H]5C)n4c3)ccc2o1. The molecule has 5 aromatic carbocycles. The minimum absolute atomic E-state index is 0.00837. The maximum atomic E-state index is 13.2. The quantitative estimate of drug-likeness (QED) is 0.116. The Balaban J connectivity index is 0.000000102. The number of hydrogen-bond acceptors (Lipinski definition) is 23. The molecule has 15 aromatic heterocycles. The van der Waals surface area contributed by atoms with Crippen LogP contribution in [0.4, 0.5) is 8.78 Å². The molecule has 0 aliphatic carbocycles. The van der Waals surface area contributed by atoms with Crippen LogP contribution in [-0.2, 0) is 9.47 Å². The first-order valence-corrected chi connectivity index (χ1v) is 47.8. The van der Waals surface area contributed by atoms with Crippen LogP contribution in [0.15, 0.2) is 236 Å². The number of carbonyl (C=O) groups is 5. The number of likely N-dealkylation sites (tertiary alicyclic amines) is 4. The first-order chi connectivity index (χ1) is 68.7. The van der Waals surface area contributed by atoms with E-state index in [0.29, 0.717) is 123 Å². The molecule has 6 aliphatic rings. The van der Waals surface area contributed by atoms with E-state index in [2.05, 4.69) is 63.7 Å². The first kappa shape index (κ1) is 91.1. The molecule has 35 heteroatoms. The highest BCUT2D eigenvalue weighted by Crippen LogP contribution is 2.37. The van der Waals surface area contributed by atoms with E-state index in [1.54, 1.807) is 45.2 Å². The van der Waals surface area contributed by atoms with Crippen molar-refractivity contribution in [3.05, 3.63) is 272 Å². The van der Waals surface area contributed by atoms with Crippen molar-refractivity contribution in [1.82, 2.24) is 101 Å². The summed E-state index contributed by atoms with van der Waals surface area (Å²) in [6.07, 6.45) is 22.9. The number of imidazole rings is 5. The Morgan fingerprint density at radius 2 is 0.577 bits per heavy atom. The van der Waals surface area contributed by atoms with Crippen LogP contribution in [0.1, 0.15) is 142 Å². The number of fused-ring (bicyclic) bond motifs is 10. The highest BCUT2D eigenvalue weighted by Gasteiger charge is 2.48. The maximum absolute atomic E-state index is 13.2. The molecule has 0 saturated carbocycles. The van der Waals surface area contributed by atoms with Crippen LogP contribution in [0.2, 0.25) is 0 Å². The number of halogens is 2. The van der Waals surface area contributed by atoms with E-state index in [0.717, 1.165) is 172 Å². The zero-order valence-corrected chi connectivity index (χ0v) is 79.7. The van der Waals surface area contributed by atoms with Gasteiger partial charge in [0, 0.05) is 123 Å². The van der Waals surface area contributed by atoms with Gasteiger partial charge in [0.2, 0.25) is 0 Å². The van der Waals surface area contributed by atoms with Crippen molar-refractivity contribution >= 4 is 113 Å². The van der Waals surface area contributed by atoms with Crippen molar-refractivity contribution in [2.24, 2.45) is 0 Å². The lowest BCUT2D eigenvalue weighted by molar-refractivity contribution is -0.143. The molecular weight excluding hydrogens is 1810 g/mol. The zero-order chi connectivity index (χ0) is 97.6. The van der Waals surface area contributed by atoms with Gasteiger partial charge in [-0.05, 0) is 237 Å². The van der Waals surface area contributed by atoms with E-state index in [4.69, 9.17) is 31.6 Å². The first-order valence-electron chi connectivity index (χ1n) is 47.8. The zero-order valence-electron chi connectivity index (χ0n) is 79.7. The van der Waals surface area contributed by atoms with Gasteiger partial charge in [0.05, 0.1) is 82.6 Å². The summed E-state index contributed by atoms with van der Waals surface area (Å²) in [5.41, 5.74) is 24.3. The summed E-state index contributed by atoms with van der Waals surface area (Å²) >= 11 is 0. The van der Waals surface area contributed by atoms with Gasteiger partial charge >= 0.3 is 0 Å². The van der Waals surface area contributed by atoms with Gasteiger partial charge in [-0.25, -0.2) is 58.6 Å². The summed E-state index contributed by atoms with van der Waals surface area (Å²) in [6.45, 7) is 23.0. The highest BCUT2D eigenvalue weighted by molar-refractivity contribution is 5.98. The van der Waals surface area contributed by atoms with E-state index >= 15 is 0 Å². The topological polar surface area (TPSA) is 340 Å². The molecule has 21 heterocycles. The number of pyridine rings is 5. The lowest BCUT2D eigenvalue weighted by atomic mass is 10.1. The number of carbonyl (C=O) groups excluding carboxylic acids is 5. The van der Waals surface area contributed by atoms with E-state index in [1.807, 2.05) is 268 Å². The van der Waals surface area contributed by atoms with E-state index in [9.17, 15) is 32.8 Å². The number of morpholine rings is 2. The number of hydrogen-bond donors (Lipinski definition) is 0. The molecule has 6 fully saturated rings. The number of aromatic nitrogens is 15. The predicted octanol–water partition coefficient (Wildman–Crippen LogP) is 18.4. The van der Waals surface area contributed by atoms with Crippen molar-refractivity contribution in [2.75, 3.05) is 78.8 Å². The molecule has 720 valence electrons. The summed E-state index contributed by atoms with van der Waals surface area (Å²) < 4.78 is 74.4. The third kappa shape index (κ3) is 17.9. The third-order valence-corrected chi connectivity index (χ3v) is 27.5. The van der Waals surface area contributed by atoms with Crippen LogP contribution in [0.3, 0.4) is 0 Å². The largest absolute Gasteiger partial charge is 0.441 e. The monoisotopic (exact) mass is 1910 g/mol. The maximum Gasteiger partial charge on any atom is 0.272 e. The molecule has 5 atom stereocenters. The van der Waals surface area contributed by atoms with Gasteiger partial charge in [-0.15, -0.1) is 0 Å². The Kier molecular flexibility index (Phi) is 23.9. The minimum Gasteiger partial charge on any atom is -0.441 e. The van der Waals surface area contributed by atoms with Crippen molar-refractivity contribution in [1.29, 1.82) is 0 Å². The lowest BCUT2D eigenvalue weighted by Crippen LogP contribution is -2.60. The van der Waals surface area contributed by atoms with Crippen LogP contribution in [0.25, 0.3) is 139 Å². The predicted molar refractivity (Wildman–Crippen MR) is 528 cm³/mol. The van der Waals surface area contributed by atoms with Crippen molar-refractivity contribution in [3.63, 3.8) is 0 Å². The number of alkyl halides is 2. The van der Waals surface area contributed by atoms with Crippen LogP contribution in [-0.4, -0.2) is 246 Å². The Hall–Kier alpha value is -16.0. The fraction of sp³-hybridized carbons (Fsp3) is 0.299. The van der Waals surface area contributed by atoms with Gasteiger partial charge in [0.1, 0.15) is 84.3 Å². The van der Waals surface area contributed by atoms with Gasteiger partial charge in [-0.2, -0.15) is 0 Å². The highest BCUT2D eigenvalue weighted by atomic mass is 19.3. The average molecular weight is 1910 g/mol. The summed E-state index contributed by atoms with van der Waals surface area (Å²) in [5, 5.41) is 0. The van der Waals surface area contributed by atoms with E-state index < -0.39 is 5.92 Å². The van der Waals surface area contributed by atoms with Gasteiger partial charge in [0.15, 0.2) is 57.4 Å². The second kappa shape index (κ2) is 37.3. The van der Waals surface area contributed by atoms with Crippen LogP contribution in [0, 0.1) is 34.6 Å². The van der Waals surface area contributed by atoms with Gasteiger partial charge in [0.25, 0.3) is 35.5 Å². The van der Waals surface area contributed by atoms with Crippen molar-refractivity contribution in [3.8, 4) is 55.6 Å². The number of nitrogens with zero attached hydrogens (tertiary/aromatic N) is 21. The molecule has 142 heavy (non-hydrogen) atoms. The number of aryl methyl sites for hydroxylation is 5. The Labute approximate surface area is 811 Å².